The average Bonchev–Trinajstić information content (AvgIpc) is 2.47. The molecular formula is C16H25N3O3. The summed E-state index contributed by atoms with van der Waals surface area (Å²) < 4.78 is 11.0. The van der Waals surface area contributed by atoms with Crippen molar-refractivity contribution in [3.05, 3.63) is 18.5 Å². The summed E-state index contributed by atoms with van der Waals surface area (Å²) in [6, 6.07) is 2.16. The topological polar surface area (TPSA) is 64.5 Å². The molecule has 2 heterocycles. The smallest absolute Gasteiger partial charge is 0.410 e. The molecule has 22 heavy (non-hydrogen) atoms. The van der Waals surface area contributed by atoms with Crippen LogP contribution in [0.2, 0.25) is 0 Å². The van der Waals surface area contributed by atoms with Gasteiger partial charge in [-0.25, -0.2) is 14.8 Å². The normalized spacial score (nSPS) is 18.9. The predicted octanol–water partition coefficient (Wildman–Crippen LogP) is 2.89. The van der Waals surface area contributed by atoms with Gasteiger partial charge in [-0.3, -0.25) is 0 Å². The zero-order valence-electron chi connectivity index (χ0n) is 13.6. The molecule has 0 N–H and O–H groups in total. The average molecular weight is 307 g/mol. The van der Waals surface area contributed by atoms with Crippen molar-refractivity contribution in [3.8, 4) is 6.01 Å². The molecule has 0 aromatic carbocycles. The van der Waals surface area contributed by atoms with E-state index in [9.17, 15) is 4.79 Å². The highest BCUT2D eigenvalue weighted by Gasteiger charge is 2.27. The van der Waals surface area contributed by atoms with Crippen LogP contribution < -0.4 is 4.74 Å². The van der Waals surface area contributed by atoms with E-state index in [-0.39, 0.29) is 6.09 Å². The fourth-order valence-electron chi connectivity index (χ4n) is 2.47. The van der Waals surface area contributed by atoms with Crippen LogP contribution in [0.4, 0.5) is 4.79 Å². The number of hydrogen-bond acceptors (Lipinski definition) is 5. The van der Waals surface area contributed by atoms with E-state index in [1.54, 1.807) is 23.4 Å². The molecule has 1 aromatic rings. The standard InChI is InChI=1S/C16H25N3O3/c1-16(2,3)22-15(20)19-10-4-6-13(12-19)7-11-21-14-17-8-5-9-18-14/h5,8-9,13H,4,6-7,10-12H2,1-3H3. The molecule has 1 unspecified atom stereocenters. The van der Waals surface area contributed by atoms with Crippen LogP contribution in [0, 0.1) is 5.92 Å². The Hall–Kier alpha value is -1.85. The number of aromatic nitrogens is 2. The molecule has 1 aliphatic heterocycles. The maximum absolute atomic E-state index is 12.1. The number of hydrogen-bond donors (Lipinski definition) is 0. The lowest BCUT2D eigenvalue weighted by Crippen LogP contribution is -2.43. The second kappa shape index (κ2) is 7.42. The Labute approximate surface area is 131 Å². The lowest BCUT2D eigenvalue weighted by atomic mass is 9.95. The Kier molecular flexibility index (Phi) is 5.57. The van der Waals surface area contributed by atoms with Crippen molar-refractivity contribution >= 4 is 6.09 Å². The van der Waals surface area contributed by atoms with Crippen LogP contribution in [0.1, 0.15) is 40.0 Å². The highest BCUT2D eigenvalue weighted by Crippen LogP contribution is 2.21. The van der Waals surface area contributed by atoms with E-state index in [2.05, 4.69) is 9.97 Å². The van der Waals surface area contributed by atoms with Crippen molar-refractivity contribution in [3.63, 3.8) is 0 Å². The van der Waals surface area contributed by atoms with E-state index < -0.39 is 5.60 Å². The largest absolute Gasteiger partial charge is 0.463 e. The molecular weight excluding hydrogens is 282 g/mol. The molecule has 0 aliphatic carbocycles. The van der Waals surface area contributed by atoms with Gasteiger partial charge >= 0.3 is 12.1 Å². The molecule has 0 saturated carbocycles. The van der Waals surface area contributed by atoms with E-state index in [0.29, 0.717) is 18.5 Å². The zero-order chi connectivity index (χ0) is 16.0. The number of rotatable bonds is 4. The number of amides is 1. The summed E-state index contributed by atoms with van der Waals surface area (Å²) in [5.74, 6) is 0.435. The molecule has 1 aromatic heterocycles. The van der Waals surface area contributed by atoms with Crippen LogP contribution in [-0.2, 0) is 4.74 Å². The first-order valence-corrected chi connectivity index (χ1v) is 7.82. The lowest BCUT2D eigenvalue weighted by molar-refractivity contribution is 0.0154. The second-order valence-electron chi connectivity index (χ2n) is 6.60. The third kappa shape index (κ3) is 5.50. The van der Waals surface area contributed by atoms with Crippen molar-refractivity contribution in [2.75, 3.05) is 19.7 Å². The van der Waals surface area contributed by atoms with Gasteiger partial charge in [-0.2, -0.15) is 0 Å². The first-order valence-electron chi connectivity index (χ1n) is 7.82. The molecule has 0 spiro atoms. The third-order valence-electron chi connectivity index (χ3n) is 3.47. The van der Waals surface area contributed by atoms with E-state index >= 15 is 0 Å². The fraction of sp³-hybridized carbons (Fsp3) is 0.688. The lowest BCUT2D eigenvalue weighted by Gasteiger charge is -2.34. The van der Waals surface area contributed by atoms with E-state index in [4.69, 9.17) is 9.47 Å². The molecule has 0 radical (unpaired) electrons. The Balaban J connectivity index is 1.75. The van der Waals surface area contributed by atoms with Crippen molar-refractivity contribution in [1.82, 2.24) is 14.9 Å². The van der Waals surface area contributed by atoms with Gasteiger partial charge in [-0.1, -0.05) is 0 Å². The van der Waals surface area contributed by atoms with E-state index in [1.165, 1.54) is 0 Å². The van der Waals surface area contributed by atoms with Gasteiger partial charge in [0.25, 0.3) is 0 Å². The molecule has 1 aliphatic rings. The monoisotopic (exact) mass is 307 g/mol. The van der Waals surface area contributed by atoms with Gasteiger partial charge in [0.05, 0.1) is 6.61 Å². The Morgan fingerprint density at radius 2 is 2.09 bits per heavy atom. The molecule has 6 heteroatoms. The van der Waals surface area contributed by atoms with E-state index in [1.807, 2.05) is 20.8 Å². The molecule has 6 nitrogen and oxygen atoms in total. The zero-order valence-corrected chi connectivity index (χ0v) is 13.6. The van der Waals surface area contributed by atoms with Gasteiger partial charge < -0.3 is 14.4 Å². The van der Waals surface area contributed by atoms with Crippen LogP contribution in [0.25, 0.3) is 0 Å². The molecule has 0 bridgehead atoms. The Bertz CT molecular complexity index is 473. The van der Waals surface area contributed by atoms with Gasteiger partial charge in [-0.05, 0) is 52.0 Å². The predicted molar refractivity (Wildman–Crippen MR) is 82.7 cm³/mol. The van der Waals surface area contributed by atoms with Crippen molar-refractivity contribution in [2.45, 2.75) is 45.6 Å². The van der Waals surface area contributed by atoms with Gasteiger partial charge in [-0.15, -0.1) is 0 Å². The number of piperidine rings is 1. The molecule has 1 fully saturated rings. The molecule has 2 rings (SSSR count). The first kappa shape index (κ1) is 16.5. The molecule has 122 valence electrons. The third-order valence-corrected chi connectivity index (χ3v) is 3.47. The second-order valence-corrected chi connectivity index (χ2v) is 6.60. The van der Waals surface area contributed by atoms with Crippen LogP contribution in [-0.4, -0.2) is 46.3 Å². The van der Waals surface area contributed by atoms with Gasteiger partial charge in [0.1, 0.15) is 5.60 Å². The summed E-state index contributed by atoms with van der Waals surface area (Å²) in [7, 11) is 0. The highest BCUT2D eigenvalue weighted by molar-refractivity contribution is 5.68. The Morgan fingerprint density at radius 1 is 1.36 bits per heavy atom. The number of carbonyl (C=O) groups is 1. The minimum absolute atomic E-state index is 0.218. The van der Waals surface area contributed by atoms with Gasteiger partial charge in [0.2, 0.25) is 0 Å². The number of ether oxygens (including phenoxy) is 2. The summed E-state index contributed by atoms with van der Waals surface area (Å²) in [4.78, 5) is 22.0. The van der Waals surface area contributed by atoms with Crippen molar-refractivity contribution < 1.29 is 14.3 Å². The maximum Gasteiger partial charge on any atom is 0.410 e. The Morgan fingerprint density at radius 3 is 2.77 bits per heavy atom. The first-order chi connectivity index (χ1) is 10.4. The van der Waals surface area contributed by atoms with Crippen LogP contribution >= 0.6 is 0 Å². The number of carbonyl (C=O) groups excluding carboxylic acids is 1. The molecule has 1 saturated heterocycles. The number of nitrogens with zero attached hydrogens (tertiary/aromatic N) is 3. The number of likely N-dealkylation sites (tertiary alicyclic amines) is 1. The van der Waals surface area contributed by atoms with Gasteiger partial charge in [0, 0.05) is 25.5 Å². The summed E-state index contributed by atoms with van der Waals surface area (Å²) in [5, 5.41) is 0. The van der Waals surface area contributed by atoms with Crippen LogP contribution in [0.5, 0.6) is 6.01 Å². The summed E-state index contributed by atoms with van der Waals surface area (Å²) in [5.41, 5.74) is -0.447. The summed E-state index contributed by atoms with van der Waals surface area (Å²) in [6.45, 7) is 7.74. The van der Waals surface area contributed by atoms with E-state index in [0.717, 1.165) is 32.4 Å². The maximum atomic E-state index is 12.1. The minimum atomic E-state index is -0.447. The van der Waals surface area contributed by atoms with Gasteiger partial charge in [0.15, 0.2) is 0 Å². The minimum Gasteiger partial charge on any atom is -0.463 e. The van der Waals surface area contributed by atoms with Crippen molar-refractivity contribution in [1.29, 1.82) is 0 Å². The highest BCUT2D eigenvalue weighted by atomic mass is 16.6. The quantitative estimate of drug-likeness (QED) is 0.855. The summed E-state index contributed by atoms with van der Waals surface area (Å²) >= 11 is 0. The fourth-order valence-corrected chi connectivity index (χ4v) is 2.47. The SMILES string of the molecule is CC(C)(C)OC(=O)N1CCCC(CCOc2ncccn2)C1. The van der Waals surface area contributed by atoms with Crippen molar-refractivity contribution in [2.24, 2.45) is 5.92 Å². The molecule has 1 atom stereocenters. The molecule has 1 amide bonds. The summed E-state index contributed by atoms with van der Waals surface area (Å²) in [6.07, 6.45) is 6.10. The van der Waals surface area contributed by atoms with Crippen LogP contribution in [0.3, 0.4) is 0 Å². The van der Waals surface area contributed by atoms with Crippen LogP contribution in [0.15, 0.2) is 18.5 Å².